The molecule has 0 spiro atoms. The van der Waals surface area contributed by atoms with Crippen LogP contribution in [0.4, 0.5) is 0 Å². The fraction of sp³-hybridized carbons (Fsp3) is 0.938. The Bertz CT molecular complexity index is 593. The third-order valence-electron chi connectivity index (χ3n) is 7.92. The maximum Gasteiger partial charge on any atom is 0.323 e. The highest BCUT2D eigenvalue weighted by Gasteiger charge is 2.31. The lowest BCUT2D eigenvalue weighted by Gasteiger charge is -2.27. The van der Waals surface area contributed by atoms with Crippen molar-refractivity contribution in [3.8, 4) is 0 Å². The van der Waals surface area contributed by atoms with Gasteiger partial charge in [-0.2, -0.15) is 0 Å². The Kier molecular flexibility index (Phi) is 19.9. The van der Waals surface area contributed by atoms with Crippen molar-refractivity contribution < 1.29 is 24.2 Å². The van der Waals surface area contributed by atoms with Gasteiger partial charge in [0.25, 0.3) is 0 Å². The molecule has 224 valence electrons. The maximum absolute atomic E-state index is 13.1. The molecule has 2 atom stereocenters. The van der Waals surface area contributed by atoms with Gasteiger partial charge in [-0.25, -0.2) is 0 Å². The fourth-order valence-electron chi connectivity index (χ4n) is 5.17. The molecule has 0 unspecified atom stereocenters. The van der Waals surface area contributed by atoms with Crippen molar-refractivity contribution in [3.63, 3.8) is 0 Å². The molecule has 0 aromatic heterocycles. The third kappa shape index (κ3) is 16.7. The SMILES string of the molecule is CCCCCCCCC(CCCCCCCC)OC(=O)C(C)(C)CCCCCCOC(=O)[C@@H]1C[C@H](O)CN1. The second-order valence-electron chi connectivity index (χ2n) is 12.2. The molecule has 1 saturated heterocycles. The van der Waals surface area contributed by atoms with E-state index in [0.717, 1.165) is 57.8 Å². The number of ether oxygens (including phenoxy) is 2. The van der Waals surface area contributed by atoms with Crippen LogP contribution in [0.5, 0.6) is 0 Å². The van der Waals surface area contributed by atoms with E-state index in [-0.39, 0.29) is 24.1 Å². The Labute approximate surface area is 234 Å². The summed E-state index contributed by atoms with van der Waals surface area (Å²) >= 11 is 0. The molecule has 6 heteroatoms. The zero-order valence-electron chi connectivity index (χ0n) is 25.4. The van der Waals surface area contributed by atoms with Gasteiger partial charge in [0.05, 0.1) is 18.1 Å². The number of esters is 2. The molecular weight excluding hydrogens is 478 g/mol. The number of unbranched alkanes of at least 4 members (excludes halogenated alkanes) is 13. The first-order valence-corrected chi connectivity index (χ1v) is 16.1. The number of aliphatic hydroxyl groups excluding tert-OH is 1. The van der Waals surface area contributed by atoms with Crippen LogP contribution in [-0.2, 0) is 19.1 Å². The van der Waals surface area contributed by atoms with E-state index < -0.39 is 11.5 Å². The van der Waals surface area contributed by atoms with E-state index in [0.29, 0.717) is 19.6 Å². The highest BCUT2D eigenvalue weighted by Crippen LogP contribution is 2.28. The van der Waals surface area contributed by atoms with Gasteiger partial charge in [0.1, 0.15) is 12.1 Å². The van der Waals surface area contributed by atoms with Crippen LogP contribution in [0.1, 0.15) is 156 Å². The van der Waals surface area contributed by atoms with Crippen LogP contribution in [0.3, 0.4) is 0 Å². The number of β-amino-alcohol motifs (C(OH)–C–C–N with tert-alkyl or cyclic N) is 1. The standard InChI is InChI=1S/C32H61NO5/c1-5-7-9-11-13-17-21-28(22-18-14-12-10-8-6-2)38-31(36)32(3,4)23-19-15-16-20-24-37-30(35)29-25-27(34)26-33-29/h27-29,33-34H,5-26H2,1-4H3/t27-,29-/m0/s1. The van der Waals surface area contributed by atoms with Crippen LogP contribution < -0.4 is 5.32 Å². The smallest absolute Gasteiger partial charge is 0.323 e. The zero-order valence-corrected chi connectivity index (χ0v) is 25.4. The van der Waals surface area contributed by atoms with E-state index in [1.165, 1.54) is 64.2 Å². The molecule has 0 aromatic rings. The first kappa shape index (κ1) is 34.9. The Morgan fingerprint density at radius 1 is 0.816 bits per heavy atom. The largest absolute Gasteiger partial charge is 0.465 e. The number of rotatable bonds is 24. The molecule has 38 heavy (non-hydrogen) atoms. The Hall–Kier alpha value is -1.14. The van der Waals surface area contributed by atoms with Gasteiger partial charge in [-0.3, -0.25) is 9.59 Å². The van der Waals surface area contributed by atoms with Gasteiger partial charge in [0.15, 0.2) is 0 Å². The summed E-state index contributed by atoms with van der Waals surface area (Å²) in [7, 11) is 0. The van der Waals surface area contributed by atoms with E-state index in [1.807, 2.05) is 13.8 Å². The number of nitrogens with one attached hydrogen (secondary N) is 1. The lowest BCUT2D eigenvalue weighted by atomic mass is 9.86. The quantitative estimate of drug-likeness (QED) is 0.0968. The number of hydrogen-bond acceptors (Lipinski definition) is 6. The number of carbonyl (C=O) groups is 2. The van der Waals surface area contributed by atoms with E-state index in [1.54, 1.807) is 0 Å². The molecule has 1 rings (SSSR count). The molecule has 0 radical (unpaired) electrons. The van der Waals surface area contributed by atoms with E-state index in [9.17, 15) is 14.7 Å². The van der Waals surface area contributed by atoms with Crippen LogP contribution in [-0.4, -0.2) is 48.4 Å². The summed E-state index contributed by atoms with van der Waals surface area (Å²) in [5, 5.41) is 12.5. The van der Waals surface area contributed by atoms with E-state index >= 15 is 0 Å². The normalized spacial score (nSPS) is 17.7. The van der Waals surface area contributed by atoms with Gasteiger partial charge in [-0.05, 0) is 52.4 Å². The summed E-state index contributed by atoms with van der Waals surface area (Å²) in [5.41, 5.74) is -0.470. The summed E-state index contributed by atoms with van der Waals surface area (Å²) in [4.78, 5) is 25.1. The molecule has 2 N–H and O–H groups in total. The van der Waals surface area contributed by atoms with Crippen molar-refractivity contribution in [3.05, 3.63) is 0 Å². The molecule has 0 saturated carbocycles. The van der Waals surface area contributed by atoms with Gasteiger partial charge in [-0.1, -0.05) is 97.3 Å². The minimum atomic E-state index is -0.470. The Balaban J connectivity index is 2.29. The van der Waals surface area contributed by atoms with Crippen LogP contribution in [0, 0.1) is 5.41 Å². The van der Waals surface area contributed by atoms with Crippen molar-refractivity contribution in [2.75, 3.05) is 13.2 Å². The molecule has 1 aliphatic rings. The van der Waals surface area contributed by atoms with Gasteiger partial charge in [-0.15, -0.1) is 0 Å². The van der Waals surface area contributed by atoms with Crippen LogP contribution >= 0.6 is 0 Å². The van der Waals surface area contributed by atoms with Gasteiger partial charge >= 0.3 is 11.9 Å². The van der Waals surface area contributed by atoms with Crippen molar-refractivity contribution in [2.24, 2.45) is 5.41 Å². The Morgan fingerprint density at radius 3 is 1.89 bits per heavy atom. The summed E-state index contributed by atoms with van der Waals surface area (Å²) in [6.07, 6.45) is 21.8. The molecule has 1 heterocycles. The zero-order chi connectivity index (χ0) is 28.1. The van der Waals surface area contributed by atoms with E-state index in [4.69, 9.17) is 9.47 Å². The predicted molar refractivity (Wildman–Crippen MR) is 156 cm³/mol. The van der Waals surface area contributed by atoms with Crippen molar-refractivity contribution >= 4 is 11.9 Å². The average Bonchev–Trinajstić information content (AvgIpc) is 3.33. The molecular formula is C32H61NO5. The van der Waals surface area contributed by atoms with Crippen LogP contribution in [0.2, 0.25) is 0 Å². The molecule has 1 aliphatic heterocycles. The third-order valence-corrected chi connectivity index (χ3v) is 7.92. The van der Waals surface area contributed by atoms with Crippen LogP contribution in [0.25, 0.3) is 0 Å². The predicted octanol–water partition coefficient (Wildman–Crippen LogP) is 7.64. The van der Waals surface area contributed by atoms with Gasteiger partial charge in [0.2, 0.25) is 0 Å². The van der Waals surface area contributed by atoms with Crippen molar-refractivity contribution in [1.82, 2.24) is 5.32 Å². The summed E-state index contributed by atoms with van der Waals surface area (Å²) in [6.45, 7) is 9.41. The second-order valence-corrected chi connectivity index (χ2v) is 12.2. The first-order chi connectivity index (χ1) is 18.3. The summed E-state index contributed by atoms with van der Waals surface area (Å²) in [5.74, 6) is -0.304. The highest BCUT2D eigenvalue weighted by molar-refractivity contribution is 5.76. The number of aliphatic hydroxyl groups is 1. The lowest BCUT2D eigenvalue weighted by molar-refractivity contribution is -0.161. The molecule has 0 amide bonds. The fourth-order valence-corrected chi connectivity index (χ4v) is 5.17. The molecule has 0 bridgehead atoms. The van der Waals surface area contributed by atoms with Gasteiger partial charge < -0.3 is 19.9 Å². The monoisotopic (exact) mass is 539 g/mol. The molecule has 6 nitrogen and oxygen atoms in total. The average molecular weight is 540 g/mol. The van der Waals surface area contributed by atoms with Crippen molar-refractivity contribution in [2.45, 2.75) is 174 Å². The lowest BCUT2D eigenvalue weighted by Crippen LogP contribution is -2.32. The number of carbonyl (C=O) groups excluding carboxylic acids is 2. The molecule has 1 fully saturated rings. The Morgan fingerprint density at radius 2 is 1.34 bits per heavy atom. The topological polar surface area (TPSA) is 84.9 Å². The van der Waals surface area contributed by atoms with Crippen molar-refractivity contribution in [1.29, 1.82) is 0 Å². The second kappa shape index (κ2) is 21.7. The van der Waals surface area contributed by atoms with E-state index in [2.05, 4.69) is 19.2 Å². The minimum absolute atomic E-state index is 0.0420. The van der Waals surface area contributed by atoms with Gasteiger partial charge in [0, 0.05) is 13.0 Å². The minimum Gasteiger partial charge on any atom is -0.465 e. The maximum atomic E-state index is 13.1. The molecule has 0 aromatic carbocycles. The summed E-state index contributed by atoms with van der Waals surface area (Å²) < 4.78 is 11.5. The first-order valence-electron chi connectivity index (χ1n) is 16.1. The van der Waals surface area contributed by atoms with Crippen LogP contribution in [0.15, 0.2) is 0 Å². The summed E-state index contributed by atoms with van der Waals surface area (Å²) in [6, 6.07) is -0.372. The highest BCUT2D eigenvalue weighted by atomic mass is 16.5. The molecule has 0 aliphatic carbocycles. The number of hydrogen-bond donors (Lipinski definition) is 2.